The third-order valence-electron chi connectivity index (χ3n) is 6.83. The fourth-order valence-electron chi connectivity index (χ4n) is 4.66. The summed E-state index contributed by atoms with van der Waals surface area (Å²) in [5.74, 6) is 1.16. The summed E-state index contributed by atoms with van der Waals surface area (Å²) in [6, 6.07) is 20.7. The molecule has 5 rings (SSSR count). The standard InChI is InChI=1S/C27H26N6O2/c28-16-19-3-5-22(6-4-19)27(35)32-14-11-21(12-15-32)20-7-9-24(10-8-20)30-26(34)23-17-33(18-23)25-2-1-13-29-31-25/h1-10,13,21,23H,11-12,14-15,17-18H2,(H,30,34). The second-order valence-corrected chi connectivity index (χ2v) is 9.05. The number of carbonyl (C=O) groups is 2. The van der Waals surface area contributed by atoms with Crippen molar-refractivity contribution >= 4 is 23.3 Å². The van der Waals surface area contributed by atoms with Gasteiger partial charge in [-0.2, -0.15) is 10.4 Å². The SMILES string of the molecule is N#Cc1ccc(C(=O)N2CCC(c3ccc(NC(=O)C4CN(c5cccnn5)C4)cc3)CC2)cc1. The van der Waals surface area contributed by atoms with Gasteiger partial charge in [0.15, 0.2) is 5.82 Å². The molecule has 2 aliphatic heterocycles. The Morgan fingerprint density at radius 1 is 0.971 bits per heavy atom. The zero-order valence-electron chi connectivity index (χ0n) is 19.3. The third kappa shape index (κ3) is 4.99. The predicted molar refractivity (Wildman–Crippen MR) is 132 cm³/mol. The van der Waals surface area contributed by atoms with Gasteiger partial charge in [-0.05, 0) is 72.9 Å². The minimum absolute atomic E-state index is 0.0138. The van der Waals surface area contributed by atoms with Crippen LogP contribution in [0.1, 0.15) is 40.2 Å². The molecule has 2 fully saturated rings. The van der Waals surface area contributed by atoms with Gasteiger partial charge in [0.05, 0.1) is 17.6 Å². The number of aromatic nitrogens is 2. The highest BCUT2D eigenvalue weighted by Crippen LogP contribution is 2.30. The van der Waals surface area contributed by atoms with Gasteiger partial charge in [0.1, 0.15) is 0 Å². The van der Waals surface area contributed by atoms with Gasteiger partial charge in [0.2, 0.25) is 5.91 Å². The summed E-state index contributed by atoms with van der Waals surface area (Å²) in [6.45, 7) is 2.68. The van der Waals surface area contributed by atoms with Crippen LogP contribution in [0.2, 0.25) is 0 Å². The lowest BCUT2D eigenvalue weighted by molar-refractivity contribution is -0.120. The van der Waals surface area contributed by atoms with E-state index in [9.17, 15) is 9.59 Å². The van der Waals surface area contributed by atoms with Gasteiger partial charge in [0.25, 0.3) is 5.91 Å². The van der Waals surface area contributed by atoms with Gasteiger partial charge in [-0.25, -0.2) is 0 Å². The third-order valence-corrected chi connectivity index (χ3v) is 6.83. The van der Waals surface area contributed by atoms with Crippen molar-refractivity contribution in [1.29, 1.82) is 5.26 Å². The number of hydrogen-bond acceptors (Lipinski definition) is 6. The number of carbonyl (C=O) groups excluding carboxylic acids is 2. The summed E-state index contributed by atoms with van der Waals surface area (Å²) < 4.78 is 0. The summed E-state index contributed by atoms with van der Waals surface area (Å²) in [4.78, 5) is 29.3. The second-order valence-electron chi connectivity index (χ2n) is 9.05. The molecule has 3 aromatic rings. The van der Waals surface area contributed by atoms with Crippen LogP contribution in [0, 0.1) is 17.2 Å². The van der Waals surface area contributed by atoms with Gasteiger partial charge < -0.3 is 15.1 Å². The Balaban J connectivity index is 1.10. The molecule has 0 atom stereocenters. The first-order chi connectivity index (χ1) is 17.1. The quantitative estimate of drug-likeness (QED) is 0.618. The monoisotopic (exact) mass is 466 g/mol. The van der Waals surface area contributed by atoms with Crippen molar-refractivity contribution in [2.24, 2.45) is 5.92 Å². The number of hydrogen-bond donors (Lipinski definition) is 1. The highest BCUT2D eigenvalue weighted by atomic mass is 16.2. The topological polar surface area (TPSA) is 102 Å². The van der Waals surface area contributed by atoms with Gasteiger partial charge >= 0.3 is 0 Å². The van der Waals surface area contributed by atoms with Gasteiger partial charge in [-0.1, -0.05) is 12.1 Å². The molecule has 1 N–H and O–H groups in total. The van der Waals surface area contributed by atoms with Crippen LogP contribution >= 0.6 is 0 Å². The van der Waals surface area contributed by atoms with E-state index in [4.69, 9.17) is 5.26 Å². The molecule has 0 aliphatic carbocycles. The van der Waals surface area contributed by atoms with E-state index in [1.165, 1.54) is 5.56 Å². The Morgan fingerprint density at radius 2 is 1.69 bits per heavy atom. The zero-order chi connectivity index (χ0) is 24.2. The molecular formula is C27H26N6O2. The first-order valence-corrected chi connectivity index (χ1v) is 11.8. The van der Waals surface area contributed by atoms with Crippen molar-refractivity contribution in [3.8, 4) is 6.07 Å². The Morgan fingerprint density at radius 3 is 2.31 bits per heavy atom. The molecular weight excluding hydrogens is 440 g/mol. The summed E-state index contributed by atoms with van der Waals surface area (Å²) in [6.07, 6.45) is 3.43. The van der Waals surface area contributed by atoms with Crippen LogP contribution < -0.4 is 10.2 Å². The van der Waals surface area contributed by atoms with Gasteiger partial charge in [-0.15, -0.1) is 5.10 Å². The molecule has 35 heavy (non-hydrogen) atoms. The highest BCUT2D eigenvalue weighted by Gasteiger charge is 2.33. The fraction of sp³-hybridized carbons (Fsp3) is 0.296. The smallest absolute Gasteiger partial charge is 0.253 e. The molecule has 8 heteroatoms. The zero-order valence-corrected chi connectivity index (χ0v) is 19.3. The summed E-state index contributed by atoms with van der Waals surface area (Å²) in [5.41, 5.74) is 3.20. The maximum Gasteiger partial charge on any atom is 0.253 e. The van der Waals surface area contributed by atoms with Crippen molar-refractivity contribution in [3.05, 3.63) is 83.6 Å². The van der Waals surface area contributed by atoms with Crippen LogP contribution in [-0.4, -0.2) is 53.1 Å². The minimum atomic E-state index is -0.0605. The first-order valence-electron chi connectivity index (χ1n) is 11.8. The molecule has 2 aromatic carbocycles. The molecule has 176 valence electrons. The number of piperidine rings is 1. The minimum Gasteiger partial charge on any atom is -0.353 e. The van der Waals surface area contributed by atoms with E-state index in [-0.39, 0.29) is 17.7 Å². The van der Waals surface area contributed by atoms with Crippen molar-refractivity contribution in [2.75, 3.05) is 36.4 Å². The van der Waals surface area contributed by atoms with E-state index >= 15 is 0 Å². The highest BCUT2D eigenvalue weighted by molar-refractivity contribution is 5.95. The van der Waals surface area contributed by atoms with Crippen LogP contribution in [0.4, 0.5) is 11.5 Å². The van der Waals surface area contributed by atoms with Gasteiger partial charge in [-0.3, -0.25) is 9.59 Å². The predicted octanol–water partition coefficient (Wildman–Crippen LogP) is 3.44. The Hall–Kier alpha value is -4.25. The normalized spacial score (nSPS) is 16.3. The van der Waals surface area contributed by atoms with E-state index in [2.05, 4.69) is 33.7 Å². The first kappa shape index (κ1) is 22.5. The number of amides is 2. The number of nitriles is 1. The molecule has 8 nitrogen and oxygen atoms in total. The van der Waals surface area contributed by atoms with Crippen LogP contribution in [0.25, 0.3) is 0 Å². The van der Waals surface area contributed by atoms with Crippen LogP contribution in [0.3, 0.4) is 0 Å². The Kier molecular flexibility index (Phi) is 6.40. The van der Waals surface area contributed by atoms with Crippen molar-refractivity contribution in [3.63, 3.8) is 0 Å². The average Bonchev–Trinajstić information content (AvgIpc) is 2.89. The van der Waals surface area contributed by atoms with E-state index in [0.29, 0.717) is 43.2 Å². The number of benzene rings is 2. The van der Waals surface area contributed by atoms with Crippen molar-refractivity contribution < 1.29 is 9.59 Å². The maximum atomic E-state index is 12.8. The second kappa shape index (κ2) is 9.94. The average molecular weight is 467 g/mol. The van der Waals surface area contributed by atoms with E-state index in [1.54, 1.807) is 30.5 Å². The molecule has 0 spiro atoms. The Bertz CT molecular complexity index is 1220. The van der Waals surface area contributed by atoms with Gasteiger partial charge in [0, 0.05) is 43.6 Å². The molecule has 0 radical (unpaired) electrons. The molecule has 2 aliphatic rings. The molecule has 1 aromatic heterocycles. The van der Waals surface area contributed by atoms with E-state index < -0.39 is 0 Å². The fourth-order valence-corrected chi connectivity index (χ4v) is 4.66. The molecule has 0 saturated carbocycles. The number of nitrogens with one attached hydrogen (secondary N) is 1. The number of rotatable bonds is 5. The largest absolute Gasteiger partial charge is 0.353 e. The lowest BCUT2D eigenvalue weighted by atomic mass is 9.89. The van der Waals surface area contributed by atoms with Crippen molar-refractivity contribution in [1.82, 2.24) is 15.1 Å². The molecule has 0 unspecified atom stereocenters. The lowest BCUT2D eigenvalue weighted by Crippen LogP contribution is -2.52. The van der Waals surface area contributed by atoms with E-state index in [1.807, 2.05) is 34.1 Å². The number of likely N-dealkylation sites (tertiary alicyclic amines) is 1. The number of anilines is 2. The summed E-state index contributed by atoms with van der Waals surface area (Å²) >= 11 is 0. The van der Waals surface area contributed by atoms with Crippen LogP contribution in [-0.2, 0) is 4.79 Å². The van der Waals surface area contributed by atoms with Crippen LogP contribution in [0.5, 0.6) is 0 Å². The molecule has 0 bridgehead atoms. The Labute approximate surface area is 204 Å². The lowest BCUT2D eigenvalue weighted by Gasteiger charge is -2.38. The summed E-state index contributed by atoms with van der Waals surface area (Å²) in [5, 5.41) is 19.9. The van der Waals surface area contributed by atoms with E-state index in [0.717, 1.165) is 24.3 Å². The molecule has 3 heterocycles. The number of nitrogens with zero attached hydrogens (tertiary/aromatic N) is 5. The molecule has 2 saturated heterocycles. The van der Waals surface area contributed by atoms with Crippen molar-refractivity contribution in [2.45, 2.75) is 18.8 Å². The molecule has 2 amide bonds. The maximum absolute atomic E-state index is 12.8. The summed E-state index contributed by atoms with van der Waals surface area (Å²) in [7, 11) is 0. The van der Waals surface area contributed by atoms with Crippen LogP contribution in [0.15, 0.2) is 66.9 Å².